The highest BCUT2D eigenvalue weighted by atomic mass is 16.6. The highest BCUT2D eigenvalue weighted by Gasteiger charge is 2.22. The molecule has 0 aliphatic carbocycles. The van der Waals surface area contributed by atoms with Crippen LogP contribution in [0.25, 0.3) is 0 Å². The third-order valence-corrected chi connectivity index (χ3v) is 2.34. The molecule has 0 aliphatic heterocycles. The number of carbonyl (C=O) groups excluding carboxylic acids is 1. The second kappa shape index (κ2) is 6.63. The molecule has 0 N–H and O–H groups in total. The van der Waals surface area contributed by atoms with Gasteiger partial charge in [0, 0.05) is 6.92 Å². The van der Waals surface area contributed by atoms with Crippen molar-refractivity contribution in [3.63, 3.8) is 0 Å². The minimum absolute atomic E-state index is 0.233. The van der Waals surface area contributed by atoms with Crippen LogP contribution in [0.1, 0.15) is 52.9 Å². The maximum atomic E-state index is 10.8. The molecular weight excluding hydrogens is 176 g/mol. The average Bonchev–Trinajstić information content (AvgIpc) is 2.11. The maximum absolute atomic E-state index is 10.8. The quantitative estimate of drug-likeness (QED) is 0.356. The van der Waals surface area contributed by atoms with Crippen molar-refractivity contribution in [1.29, 1.82) is 0 Å². The molecule has 0 aromatic carbocycles. The molecule has 82 valence electrons. The van der Waals surface area contributed by atoms with Crippen LogP contribution < -0.4 is 0 Å². The van der Waals surface area contributed by atoms with E-state index in [-0.39, 0.29) is 5.97 Å². The summed E-state index contributed by atoms with van der Waals surface area (Å²) in [5, 5.41) is 0. The molecule has 0 aromatic rings. The zero-order chi connectivity index (χ0) is 11.0. The van der Waals surface area contributed by atoms with Gasteiger partial charge in [0.15, 0.2) is 0 Å². The van der Waals surface area contributed by atoms with E-state index in [0.717, 1.165) is 12.8 Å². The van der Waals surface area contributed by atoms with E-state index < -0.39 is 5.60 Å². The molecule has 14 heavy (non-hydrogen) atoms. The average molecular weight is 198 g/mol. The first kappa shape index (κ1) is 13.2. The fourth-order valence-corrected chi connectivity index (χ4v) is 1.43. The monoisotopic (exact) mass is 198 g/mol. The van der Waals surface area contributed by atoms with E-state index in [4.69, 9.17) is 4.74 Å². The zero-order valence-corrected chi connectivity index (χ0v) is 9.64. The van der Waals surface area contributed by atoms with Crippen LogP contribution in [0.15, 0.2) is 12.7 Å². The molecule has 0 saturated heterocycles. The Balaban J connectivity index is 3.86. The molecule has 0 spiro atoms. The number of ether oxygens (including phenoxy) is 1. The molecule has 0 bridgehead atoms. The van der Waals surface area contributed by atoms with Crippen molar-refractivity contribution in [2.75, 3.05) is 0 Å². The van der Waals surface area contributed by atoms with Gasteiger partial charge in [-0.1, -0.05) is 32.8 Å². The van der Waals surface area contributed by atoms with E-state index in [9.17, 15) is 4.79 Å². The third-order valence-electron chi connectivity index (χ3n) is 2.34. The first-order valence-corrected chi connectivity index (χ1v) is 5.37. The summed E-state index contributed by atoms with van der Waals surface area (Å²) < 4.78 is 5.21. The van der Waals surface area contributed by atoms with Gasteiger partial charge in [-0.3, -0.25) is 4.79 Å². The van der Waals surface area contributed by atoms with E-state index in [1.54, 1.807) is 6.08 Å². The van der Waals surface area contributed by atoms with Crippen LogP contribution in [-0.2, 0) is 9.53 Å². The Morgan fingerprint density at radius 1 is 1.43 bits per heavy atom. The topological polar surface area (TPSA) is 26.3 Å². The number of hydrogen-bond donors (Lipinski definition) is 0. The molecule has 0 saturated carbocycles. The van der Waals surface area contributed by atoms with Gasteiger partial charge in [0.2, 0.25) is 0 Å². The third kappa shape index (κ3) is 5.79. The molecule has 2 nitrogen and oxygen atoms in total. The largest absolute Gasteiger partial charge is 0.455 e. The lowest BCUT2D eigenvalue weighted by atomic mass is 9.98. The normalized spacial score (nSPS) is 14.5. The Morgan fingerprint density at radius 2 is 2.07 bits per heavy atom. The number of rotatable bonds is 7. The van der Waals surface area contributed by atoms with Gasteiger partial charge in [-0.15, -0.1) is 0 Å². The van der Waals surface area contributed by atoms with Crippen molar-refractivity contribution in [2.24, 2.45) is 0 Å². The van der Waals surface area contributed by atoms with Crippen LogP contribution in [0.3, 0.4) is 0 Å². The van der Waals surface area contributed by atoms with Gasteiger partial charge in [-0.05, 0) is 25.8 Å². The van der Waals surface area contributed by atoms with Crippen molar-refractivity contribution >= 4 is 5.97 Å². The van der Waals surface area contributed by atoms with E-state index in [0.29, 0.717) is 0 Å². The minimum atomic E-state index is -0.473. The Kier molecular flexibility index (Phi) is 6.26. The lowest BCUT2D eigenvalue weighted by Gasteiger charge is -2.25. The summed E-state index contributed by atoms with van der Waals surface area (Å²) in [5.41, 5.74) is -0.473. The summed E-state index contributed by atoms with van der Waals surface area (Å²) in [6.45, 7) is 9.24. The lowest BCUT2D eigenvalue weighted by molar-refractivity contribution is -0.151. The van der Waals surface area contributed by atoms with Gasteiger partial charge in [0.25, 0.3) is 0 Å². The van der Waals surface area contributed by atoms with Gasteiger partial charge in [0.1, 0.15) is 5.60 Å². The fourth-order valence-electron chi connectivity index (χ4n) is 1.43. The lowest BCUT2D eigenvalue weighted by Crippen LogP contribution is -2.28. The van der Waals surface area contributed by atoms with Gasteiger partial charge < -0.3 is 4.74 Å². The second-order valence-corrected chi connectivity index (χ2v) is 3.92. The van der Waals surface area contributed by atoms with Gasteiger partial charge in [0.05, 0.1) is 0 Å². The van der Waals surface area contributed by atoms with Crippen molar-refractivity contribution in [3.05, 3.63) is 12.7 Å². The summed E-state index contributed by atoms with van der Waals surface area (Å²) in [7, 11) is 0. The van der Waals surface area contributed by atoms with E-state index in [1.807, 2.05) is 6.92 Å². The highest BCUT2D eigenvalue weighted by Crippen LogP contribution is 2.21. The smallest absolute Gasteiger partial charge is 0.303 e. The molecular formula is C12H22O2. The summed E-state index contributed by atoms with van der Waals surface area (Å²) in [4.78, 5) is 10.8. The summed E-state index contributed by atoms with van der Waals surface area (Å²) >= 11 is 0. The Labute approximate surface area is 87.3 Å². The predicted octanol–water partition coefficient (Wildman–Crippen LogP) is 3.46. The standard InChI is InChI=1S/C12H22O2/c1-5-7-8-9-10-12(4,6-2)14-11(3)13/h6H,2,5,7-10H2,1,3-4H3. The molecule has 1 atom stereocenters. The number of unbranched alkanes of at least 4 members (excludes halogenated alkanes) is 3. The molecule has 0 rings (SSSR count). The van der Waals surface area contributed by atoms with Crippen LogP contribution in [0, 0.1) is 0 Å². The summed E-state index contributed by atoms with van der Waals surface area (Å²) in [6.07, 6.45) is 7.34. The van der Waals surface area contributed by atoms with Crippen LogP contribution in [0.4, 0.5) is 0 Å². The number of esters is 1. The minimum Gasteiger partial charge on any atom is -0.455 e. The summed E-state index contributed by atoms with van der Waals surface area (Å²) in [6, 6.07) is 0. The van der Waals surface area contributed by atoms with Crippen molar-refractivity contribution in [1.82, 2.24) is 0 Å². The van der Waals surface area contributed by atoms with Crippen LogP contribution in [0.5, 0.6) is 0 Å². The first-order chi connectivity index (χ1) is 6.54. The maximum Gasteiger partial charge on any atom is 0.303 e. The van der Waals surface area contributed by atoms with Gasteiger partial charge in [-0.2, -0.15) is 0 Å². The molecule has 0 aromatic heterocycles. The van der Waals surface area contributed by atoms with E-state index >= 15 is 0 Å². The zero-order valence-electron chi connectivity index (χ0n) is 9.64. The molecule has 0 radical (unpaired) electrons. The number of carbonyl (C=O) groups is 1. The SMILES string of the molecule is C=CC(C)(CCCCCC)OC(C)=O. The Morgan fingerprint density at radius 3 is 2.50 bits per heavy atom. The van der Waals surface area contributed by atoms with Crippen molar-refractivity contribution in [2.45, 2.75) is 58.5 Å². The van der Waals surface area contributed by atoms with Crippen LogP contribution in [-0.4, -0.2) is 11.6 Å². The fraction of sp³-hybridized carbons (Fsp3) is 0.750. The van der Waals surface area contributed by atoms with Gasteiger partial charge in [-0.25, -0.2) is 0 Å². The Bertz CT molecular complexity index is 187. The molecule has 0 aliphatic rings. The van der Waals surface area contributed by atoms with Gasteiger partial charge >= 0.3 is 5.97 Å². The second-order valence-electron chi connectivity index (χ2n) is 3.92. The molecule has 0 amide bonds. The highest BCUT2D eigenvalue weighted by molar-refractivity contribution is 5.66. The number of hydrogen-bond acceptors (Lipinski definition) is 2. The predicted molar refractivity (Wildman–Crippen MR) is 59.1 cm³/mol. The molecule has 1 unspecified atom stereocenters. The van der Waals surface area contributed by atoms with Crippen molar-refractivity contribution in [3.8, 4) is 0 Å². The van der Waals surface area contributed by atoms with Crippen LogP contribution in [0.2, 0.25) is 0 Å². The van der Waals surface area contributed by atoms with E-state index in [2.05, 4.69) is 13.5 Å². The Hall–Kier alpha value is -0.790. The van der Waals surface area contributed by atoms with E-state index in [1.165, 1.54) is 26.2 Å². The molecule has 2 heteroatoms. The first-order valence-electron chi connectivity index (χ1n) is 5.37. The van der Waals surface area contributed by atoms with Crippen LogP contribution >= 0.6 is 0 Å². The molecule has 0 heterocycles. The van der Waals surface area contributed by atoms with Crippen molar-refractivity contribution < 1.29 is 9.53 Å². The summed E-state index contributed by atoms with van der Waals surface area (Å²) in [5.74, 6) is -0.233. The molecule has 0 fully saturated rings.